The molecule has 5 N–H and O–H groups in total. The van der Waals surface area contributed by atoms with E-state index in [1.165, 1.54) is 6.08 Å². The number of nitrogens with one attached hydrogen (secondary N) is 1. The predicted octanol–water partition coefficient (Wildman–Crippen LogP) is 0.507. The van der Waals surface area contributed by atoms with E-state index in [2.05, 4.69) is 6.58 Å². The Labute approximate surface area is 60.2 Å². The normalized spacial score (nSPS) is 12.8. The summed E-state index contributed by atoms with van der Waals surface area (Å²) in [5, 5.41) is 6.67. The molecule has 0 amide bonds. The second kappa shape index (κ2) is 4.38. The summed E-state index contributed by atoms with van der Waals surface area (Å²) >= 11 is 0. The summed E-state index contributed by atoms with van der Waals surface area (Å²) in [6.07, 6.45) is 5.61. The Morgan fingerprint density at radius 1 is 1.20 bits per heavy atom. The van der Waals surface area contributed by atoms with Gasteiger partial charge in [0.05, 0.1) is 11.4 Å². The minimum atomic E-state index is 0.384. The summed E-state index contributed by atoms with van der Waals surface area (Å²) in [6.45, 7) is 3.45. The van der Waals surface area contributed by atoms with E-state index in [-0.39, 0.29) is 0 Å². The molecule has 0 aliphatic rings. The number of rotatable bonds is 3. The van der Waals surface area contributed by atoms with Gasteiger partial charge in [0.2, 0.25) is 0 Å². The minimum absolute atomic E-state index is 0.384. The van der Waals surface area contributed by atoms with Crippen molar-refractivity contribution in [2.75, 3.05) is 0 Å². The van der Waals surface area contributed by atoms with Crippen molar-refractivity contribution >= 4 is 6.21 Å². The van der Waals surface area contributed by atoms with Gasteiger partial charge in [-0.2, -0.15) is 0 Å². The molecule has 0 heterocycles. The largest absolute Gasteiger partial charge is 0.397 e. The molecular weight excluding hydrogens is 126 g/mol. The van der Waals surface area contributed by atoms with Crippen molar-refractivity contribution in [3.05, 3.63) is 36.2 Å². The maximum atomic E-state index is 6.67. The highest BCUT2D eigenvalue weighted by molar-refractivity contribution is 5.70. The van der Waals surface area contributed by atoms with Crippen LogP contribution in [0.25, 0.3) is 0 Å². The number of hydrogen-bond donors (Lipinski definition) is 3. The summed E-state index contributed by atoms with van der Waals surface area (Å²) in [7, 11) is 0. The van der Waals surface area contributed by atoms with Crippen molar-refractivity contribution < 1.29 is 0 Å². The molecule has 0 radical (unpaired) electrons. The van der Waals surface area contributed by atoms with E-state index >= 15 is 0 Å². The van der Waals surface area contributed by atoms with Crippen molar-refractivity contribution in [3.8, 4) is 0 Å². The maximum absolute atomic E-state index is 6.67. The van der Waals surface area contributed by atoms with E-state index in [1.54, 1.807) is 12.2 Å². The van der Waals surface area contributed by atoms with E-state index < -0.39 is 0 Å². The fourth-order valence-corrected chi connectivity index (χ4v) is 0.409. The van der Waals surface area contributed by atoms with Gasteiger partial charge in [0.1, 0.15) is 0 Å². The van der Waals surface area contributed by atoms with Crippen LogP contribution in [0.1, 0.15) is 0 Å². The van der Waals surface area contributed by atoms with Crippen LogP contribution >= 0.6 is 0 Å². The predicted molar refractivity (Wildman–Crippen MR) is 43.5 cm³/mol. The van der Waals surface area contributed by atoms with Crippen LogP contribution in [0.4, 0.5) is 0 Å². The van der Waals surface area contributed by atoms with Gasteiger partial charge in [-0.25, -0.2) is 0 Å². The van der Waals surface area contributed by atoms with Crippen LogP contribution in [0.15, 0.2) is 36.2 Å². The summed E-state index contributed by atoms with van der Waals surface area (Å²) in [5.41, 5.74) is 11.6. The van der Waals surface area contributed by atoms with Gasteiger partial charge >= 0.3 is 0 Å². The molecule has 0 aliphatic heterocycles. The van der Waals surface area contributed by atoms with Gasteiger partial charge in [0, 0.05) is 6.21 Å². The molecule has 0 atom stereocenters. The lowest BCUT2D eigenvalue weighted by Gasteiger charge is -1.96. The molecule has 0 rings (SSSR count). The molecule has 0 fully saturated rings. The highest BCUT2D eigenvalue weighted by Gasteiger charge is 1.88. The van der Waals surface area contributed by atoms with Gasteiger partial charge in [0.15, 0.2) is 0 Å². The second-order valence-corrected chi connectivity index (χ2v) is 1.65. The lowest BCUT2D eigenvalue weighted by molar-refractivity contribution is 1.25. The molecule has 0 aliphatic carbocycles. The lowest BCUT2D eigenvalue weighted by atomic mass is 10.3. The third-order valence-corrected chi connectivity index (χ3v) is 0.894. The van der Waals surface area contributed by atoms with Gasteiger partial charge in [-0.3, -0.25) is 0 Å². The first kappa shape index (κ1) is 8.49. The highest BCUT2D eigenvalue weighted by Crippen LogP contribution is 1.93. The van der Waals surface area contributed by atoms with Crippen molar-refractivity contribution in [1.29, 1.82) is 5.41 Å². The number of nitrogens with two attached hydrogens (primary N) is 2. The molecule has 0 saturated heterocycles. The first-order valence-corrected chi connectivity index (χ1v) is 2.77. The Morgan fingerprint density at radius 3 is 2.10 bits per heavy atom. The Kier molecular flexibility index (Phi) is 3.72. The van der Waals surface area contributed by atoms with Crippen LogP contribution < -0.4 is 11.5 Å². The van der Waals surface area contributed by atoms with E-state index in [9.17, 15) is 0 Å². The summed E-state index contributed by atoms with van der Waals surface area (Å²) in [6, 6.07) is 0. The zero-order valence-electron chi connectivity index (χ0n) is 5.67. The fraction of sp³-hybridized carbons (Fsp3) is 0. The second-order valence-electron chi connectivity index (χ2n) is 1.65. The molecule has 0 saturated carbocycles. The van der Waals surface area contributed by atoms with Gasteiger partial charge in [0.25, 0.3) is 0 Å². The zero-order chi connectivity index (χ0) is 7.98. The lowest BCUT2D eigenvalue weighted by Crippen LogP contribution is -2.08. The van der Waals surface area contributed by atoms with Gasteiger partial charge in [-0.05, 0) is 12.2 Å². The molecular formula is C7H11N3. The van der Waals surface area contributed by atoms with Gasteiger partial charge in [-0.1, -0.05) is 12.7 Å². The first-order chi connectivity index (χ1) is 4.72. The molecule has 0 spiro atoms. The molecule has 0 bridgehead atoms. The van der Waals surface area contributed by atoms with Crippen LogP contribution in [-0.2, 0) is 0 Å². The molecule has 0 aromatic rings. The molecule has 54 valence electrons. The zero-order valence-corrected chi connectivity index (χ0v) is 5.67. The van der Waals surface area contributed by atoms with Gasteiger partial charge < -0.3 is 16.9 Å². The third kappa shape index (κ3) is 2.71. The summed E-state index contributed by atoms with van der Waals surface area (Å²) < 4.78 is 0. The molecule has 10 heavy (non-hydrogen) atoms. The molecule has 3 heteroatoms. The third-order valence-electron chi connectivity index (χ3n) is 0.894. The number of hydrogen-bond acceptors (Lipinski definition) is 3. The van der Waals surface area contributed by atoms with E-state index in [0.717, 1.165) is 6.21 Å². The Bertz CT molecular complexity index is 167. The van der Waals surface area contributed by atoms with Crippen molar-refractivity contribution in [1.82, 2.24) is 0 Å². The fourth-order valence-electron chi connectivity index (χ4n) is 0.409. The standard InChI is InChI=1S/C7H11N3/c1-2-3-6(9)7(10)4-5-8/h2-5,8H,1,9-10H2/b6-3+,7-4+,8-5?. The van der Waals surface area contributed by atoms with E-state index in [1.807, 2.05) is 0 Å². The van der Waals surface area contributed by atoms with E-state index in [4.69, 9.17) is 16.9 Å². The maximum Gasteiger partial charge on any atom is 0.0562 e. The van der Waals surface area contributed by atoms with Crippen LogP contribution in [-0.4, -0.2) is 6.21 Å². The SMILES string of the molecule is C=C/C=C(N)\C(N)=C/C=N. The Morgan fingerprint density at radius 2 is 1.70 bits per heavy atom. The average Bonchev–Trinajstić information content (AvgIpc) is 1.89. The average molecular weight is 137 g/mol. The summed E-state index contributed by atoms with van der Waals surface area (Å²) in [4.78, 5) is 0. The smallest absolute Gasteiger partial charge is 0.0562 e. The van der Waals surface area contributed by atoms with Crippen LogP contribution in [0.2, 0.25) is 0 Å². The van der Waals surface area contributed by atoms with Gasteiger partial charge in [-0.15, -0.1) is 0 Å². The first-order valence-electron chi connectivity index (χ1n) is 2.77. The van der Waals surface area contributed by atoms with Crippen molar-refractivity contribution in [2.24, 2.45) is 11.5 Å². The van der Waals surface area contributed by atoms with Crippen LogP contribution in [0.5, 0.6) is 0 Å². The molecule has 0 aromatic carbocycles. The Balaban J connectivity index is 4.33. The monoisotopic (exact) mass is 137 g/mol. The van der Waals surface area contributed by atoms with Crippen LogP contribution in [0.3, 0.4) is 0 Å². The molecule has 3 nitrogen and oxygen atoms in total. The topological polar surface area (TPSA) is 75.9 Å². The van der Waals surface area contributed by atoms with Crippen molar-refractivity contribution in [2.45, 2.75) is 0 Å². The summed E-state index contributed by atoms with van der Waals surface area (Å²) in [5.74, 6) is 0. The molecule has 0 unspecified atom stereocenters. The van der Waals surface area contributed by atoms with Crippen molar-refractivity contribution in [3.63, 3.8) is 0 Å². The molecule has 0 aromatic heterocycles. The Hall–Kier alpha value is -1.51. The van der Waals surface area contributed by atoms with Crippen LogP contribution in [0, 0.1) is 5.41 Å². The highest BCUT2D eigenvalue weighted by atomic mass is 14.7. The van der Waals surface area contributed by atoms with E-state index in [0.29, 0.717) is 11.4 Å². The number of allylic oxidation sites excluding steroid dienone is 3. The quantitative estimate of drug-likeness (QED) is 0.391. The minimum Gasteiger partial charge on any atom is -0.397 e.